The van der Waals surface area contributed by atoms with Gasteiger partial charge in [0.05, 0.1) is 16.2 Å². The molecule has 1 aromatic heterocycles. The van der Waals surface area contributed by atoms with E-state index in [9.17, 15) is 10.1 Å². The van der Waals surface area contributed by atoms with Crippen LogP contribution < -0.4 is 16.6 Å². The van der Waals surface area contributed by atoms with Crippen LogP contribution in [-0.4, -0.2) is 9.91 Å². The molecule has 0 atom stereocenters. The zero-order valence-electron chi connectivity index (χ0n) is 10.5. The molecule has 106 valence electrons. The van der Waals surface area contributed by atoms with Crippen molar-refractivity contribution < 1.29 is 4.92 Å². The molecular weight excluding hydrogens is 296 g/mol. The first kappa shape index (κ1) is 14.5. The van der Waals surface area contributed by atoms with Crippen LogP contribution in [0.25, 0.3) is 0 Å². The molecule has 9 heteroatoms. The van der Waals surface area contributed by atoms with Gasteiger partial charge in [-0.15, -0.1) is 0 Å². The number of nitrogens with zero attached hydrogens (tertiary/aromatic N) is 3. The van der Waals surface area contributed by atoms with E-state index in [0.717, 1.165) is 0 Å². The lowest BCUT2D eigenvalue weighted by Crippen LogP contribution is -2.10. The number of nitriles is 1. The Morgan fingerprint density at radius 1 is 1.38 bits per heavy atom. The molecule has 2 aromatic rings. The third-order valence-corrected chi connectivity index (χ3v) is 2.81. The van der Waals surface area contributed by atoms with Crippen molar-refractivity contribution in [2.45, 2.75) is 0 Å². The molecule has 0 saturated heterocycles. The smallest absolute Gasteiger partial charge is 0.311 e. The average molecular weight is 305 g/mol. The normalized spacial score (nSPS) is 9.76. The van der Waals surface area contributed by atoms with Gasteiger partial charge >= 0.3 is 5.69 Å². The van der Waals surface area contributed by atoms with E-state index in [1.54, 1.807) is 6.07 Å². The summed E-state index contributed by atoms with van der Waals surface area (Å²) in [5.41, 5.74) is 2.64. The molecule has 2 rings (SSSR count). The monoisotopic (exact) mass is 304 g/mol. The Morgan fingerprint density at radius 2 is 2.14 bits per heavy atom. The van der Waals surface area contributed by atoms with Crippen molar-refractivity contribution in [3.8, 4) is 6.07 Å². The molecule has 1 heterocycles. The Morgan fingerprint density at radius 3 is 2.76 bits per heavy atom. The second-order valence-electron chi connectivity index (χ2n) is 3.89. The highest BCUT2D eigenvalue weighted by Crippen LogP contribution is 2.29. The molecule has 21 heavy (non-hydrogen) atoms. The highest BCUT2D eigenvalue weighted by Gasteiger charge is 2.17. The molecule has 0 unspecified atom stereocenters. The fourth-order valence-corrected chi connectivity index (χ4v) is 1.79. The number of rotatable bonds is 4. The Bertz CT molecular complexity index is 743. The largest absolute Gasteiger partial charge is 0.333 e. The van der Waals surface area contributed by atoms with Crippen LogP contribution in [0.3, 0.4) is 0 Å². The molecular formula is C12H9ClN6O2. The number of nitro groups is 1. The summed E-state index contributed by atoms with van der Waals surface area (Å²) < 4.78 is 0. The second kappa shape index (κ2) is 6.04. The van der Waals surface area contributed by atoms with E-state index in [0.29, 0.717) is 10.7 Å². The lowest BCUT2D eigenvalue weighted by Gasteiger charge is -2.09. The molecule has 8 nitrogen and oxygen atoms in total. The molecule has 0 spiro atoms. The maximum atomic E-state index is 11.0. The van der Waals surface area contributed by atoms with Crippen molar-refractivity contribution in [2.24, 2.45) is 5.84 Å². The first-order valence-corrected chi connectivity index (χ1v) is 6.01. The number of pyridine rings is 1. The lowest BCUT2D eigenvalue weighted by molar-refractivity contribution is -0.384. The molecule has 0 saturated carbocycles. The van der Waals surface area contributed by atoms with Crippen LogP contribution in [0, 0.1) is 21.4 Å². The Kier molecular flexibility index (Phi) is 4.18. The first-order chi connectivity index (χ1) is 10.0. The van der Waals surface area contributed by atoms with Crippen molar-refractivity contribution in [3.63, 3.8) is 0 Å². The predicted molar refractivity (Wildman–Crippen MR) is 78.2 cm³/mol. The van der Waals surface area contributed by atoms with E-state index in [4.69, 9.17) is 22.7 Å². The van der Waals surface area contributed by atoms with E-state index >= 15 is 0 Å². The minimum Gasteiger partial charge on any atom is -0.333 e. The van der Waals surface area contributed by atoms with Gasteiger partial charge in [-0.1, -0.05) is 11.6 Å². The number of nitrogens with one attached hydrogen (secondary N) is 2. The number of benzene rings is 1. The van der Waals surface area contributed by atoms with Gasteiger partial charge in [0.15, 0.2) is 0 Å². The number of hydrogen-bond donors (Lipinski definition) is 3. The summed E-state index contributed by atoms with van der Waals surface area (Å²) in [6.07, 6.45) is 0. The number of anilines is 3. The summed E-state index contributed by atoms with van der Waals surface area (Å²) in [7, 11) is 0. The standard InChI is InChI=1S/C12H9ClN6O2/c13-8-2-1-7(6-14)9(5-8)16-12-10(19(20)21)3-4-11(17-12)18-15/h1-5H,15H2,(H2,16,17,18). The SMILES string of the molecule is N#Cc1ccc(Cl)cc1Nc1nc(NN)ccc1[N+](=O)[O-]. The maximum absolute atomic E-state index is 11.0. The summed E-state index contributed by atoms with van der Waals surface area (Å²) in [5.74, 6) is 5.43. The average Bonchev–Trinajstić information content (AvgIpc) is 2.47. The fraction of sp³-hybridized carbons (Fsp3) is 0. The second-order valence-corrected chi connectivity index (χ2v) is 4.33. The quantitative estimate of drug-likeness (QED) is 0.449. The molecule has 0 aliphatic rings. The number of hydrogen-bond acceptors (Lipinski definition) is 7. The van der Waals surface area contributed by atoms with Crippen LogP contribution in [0.15, 0.2) is 30.3 Å². The van der Waals surface area contributed by atoms with Gasteiger partial charge in [0.1, 0.15) is 11.9 Å². The molecule has 0 bridgehead atoms. The van der Waals surface area contributed by atoms with Crippen LogP contribution in [0.2, 0.25) is 5.02 Å². The van der Waals surface area contributed by atoms with Gasteiger partial charge in [0, 0.05) is 11.1 Å². The summed E-state index contributed by atoms with van der Waals surface area (Å²) >= 11 is 5.86. The Labute approximate surface area is 124 Å². The van der Waals surface area contributed by atoms with Gasteiger partial charge in [-0.3, -0.25) is 10.1 Å². The van der Waals surface area contributed by atoms with Gasteiger partial charge in [0.25, 0.3) is 0 Å². The van der Waals surface area contributed by atoms with E-state index in [2.05, 4.69) is 15.7 Å². The third kappa shape index (κ3) is 3.17. The highest BCUT2D eigenvalue weighted by atomic mass is 35.5. The van der Waals surface area contributed by atoms with Crippen molar-refractivity contribution in [1.82, 2.24) is 4.98 Å². The van der Waals surface area contributed by atoms with Gasteiger partial charge in [0.2, 0.25) is 5.82 Å². The summed E-state index contributed by atoms with van der Waals surface area (Å²) in [6, 6.07) is 9.11. The summed E-state index contributed by atoms with van der Waals surface area (Å²) in [6.45, 7) is 0. The van der Waals surface area contributed by atoms with Gasteiger partial charge < -0.3 is 10.7 Å². The molecule has 0 amide bonds. The number of aromatic nitrogens is 1. The van der Waals surface area contributed by atoms with Crippen LogP contribution in [0.1, 0.15) is 5.56 Å². The number of halogens is 1. The third-order valence-electron chi connectivity index (χ3n) is 2.57. The minimum atomic E-state index is -0.591. The zero-order valence-corrected chi connectivity index (χ0v) is 11.3. The predicted octanol–water partition coefficient (Wildman–Crippen LogP) is 2.54. The summed E-state index contributed by atoms with van der Waals surface area (Å²) in [4.78, 5) is 14.4. The number of nitrogen functional groups attached to an aromatic ring is 1. The molecule has 0 radical (unpaired) electrons. The fourth-order valence-electron chi connectivity index (χ4n) is 1.62. The van der Waals surface area contributed by atoms with Gasteiger partial charge in [-0.25, -0.2) is 10.8 Å². The van der Waals surface area contributed by atoms with Crippen LogP contribution in [0.5, 0.6) is 0 Å². The Balaban J connectivity index is 2.50. The zero-order chi connectivity index (χ0) is 15.4. The minimum absolute atomic E-state index is 0.0470. The van der Waals surface area contributed by atoms with E-state index in [1.165, 1.54) is 24.3 Å². The van der Waals surface area contributed by atoms with Gasteiger partial charge in [-0.05, 0) is 24.3 Å². The van der Waals surface area contributed by atoms with Crippen molar-refractivity contribution in [1.29, 1.82) is 5.26 Å². The van der Waals surface area contributed by atoms with Crippen molar-refractivity contribution in [3.05, 3.63) is 51.0 Å². The molecule has 1 aromatic carbocycles. The number of nitrogens with two attached hydrogens (primary N) is 1. The summed E-state index contributed by atoms with van der Waals surface area (Å²) in [5, 5.41) is 23.2. The molecule has 4 N–H and O–H groups in total. The lowest BCUT2D eigenvalue weighted by atomic mass is 10.2. The van der Waals surface area contributed by atoms with Crippen LogP contribution in [-0.2, 0) is 0 Å². The number of hydrazine groups is 1. The molecule has 0 aliphatic carbocycles. The van der Waals surface area contributed by atoms with Crippen molar-refractivity contribution in [2.75, 3.05) is 10.7 Å². The van der Waals surface area contributed by atoms with Crippen LogP contribution in [0.4, 0.5) is 23.0 Å². The molecule has 0 fully saturated rings. The van der Waals surface area contributed by atoms with Gasteiger partial charge in [-0.2, -0.15) is 5.26 Å². The first-order valence-electron chi connectivity index (χ1n) is 5.64. The van der Waals surface area contributed by atoms with Crippen LogP contribution >= 0.6 is 11.6 Å². The maximum Gasteiger partial charge on any atom is 0.311 e. The van der Waals surface area contributed by atoms with Crippen molar-refractivity contribution >= 4 is 34.6 Å². The topological polar surface area (TPSA) is 130 Å². The highest BCUT2D eigenvalue weighted by molar-refractivity contribution is 6.30. The Hall–Kier alpha value is -2.89. The molecule has 0 aliphatic heterocycles. The van der Waals surface area contributed by atoms with E-state index < -0.39 is 4.92 Å². The van der Waals surface area contributed by atoms with E-state index in [-0.39, 0.29) is 22.9 Å². The van der Waals surface area contributed by atoms with E-state index in [1.807, 2.05) is 6.07 Å².